The van der Waals surface area contributed by atoms with E-state index in [1.807, 2.05) is 105 Å². The van der Waals surface area contributed by atoms with Crippen molar-refractivity contribution in [2.45, 2.75) is 39.0 Å². The van der Waals surface area contributed by atoms with Crippen LogP contribution in [0.2, 0.25) is 0 Å². The predicted molar refractivity (Wildman–Crippen MR) is 204 cm³/mol. The summed E-state index contributed by atoms with van der Waals surface area (Å²) in [5.41, 5.74) is 2.20. The Bertz CT molecular complexity index is 2230. The number of esters is 1. The van der Waals surface area contributed by atoms with Gasteiger partial charge in [-0.15, -0.1) is 0 Å². The van der Waals surface area contributed by atoms with Crippen molar-refractivity contribution in [3.8, 4) is 0 Å². The van der Waals surface area contributed by atoms with Gasteiger partial charge >= 0.3 is 18.2 Å². The van der Waals surface area contributed by atoms with Crippen molar-refractivity contribution in [3.05, 3.63) is 138 Å². The van der Waals surface area contributed by atoms with E-state index in [0.717, 1.165) is 17.5 Å². The summed E-state index contributed by atoms with van der Waals surface area (Å²) >= 11 is 0. The number of carbonyl (C=O) groups excluding carboxylic acids is 4. The van der Waals surface area contributed by atoms with E-state index in [1.54, 1.807) is 48.4 Å². The Morgan fingerprint density at radius 3 is 2.26 bits per heavy atom. The Kier molecular flexibility index (Phi) is 11.4. The SMILES string of the molecule is CCN(C(=O)C(C)(Cc1cn(C(=O)OCOC(=O)c2ccc(CN(C)C)cc2)c2ccccc12)NC(=O)OCc1cc2ccccc2o1)c1ccccc1. The van der Waals surface area contributed by atoms with E-state index in [4.69, 9.17) is 18.6 Å². The lowest BCUT2D eigenvalue weighted by atomic mass is 9.90. The lowest BCUT2D eigenvalue weighted by Gasteiger charge is -2.34. The van der Waals surface area contributed by atoms with Crippen molar-refractivity contribution in [2.24, 2.45) is 0 Å². The molecule has 12 nitrogen and oxygen atoms in total. The van der Waals surface area contributed by atoms with E-state index >= 15 is 0 Å². The summed E-state index contributed by atoms with van der Waals surface area (Å²) < 4.78 is 23.3. The molecule has 6 rings (SSSR count). The number of aromatic nitrogens is 1. The first-order chi connectivity index (χ1) is 26.0. The number of nitrogens with zero attached hydrogens (tertiary/aromatic N) is 3. The fourth-order valence-electron chi connectivity index (χ4n) is 6.35. The highest BCUT2D eigenvalue weighted by atomic mass is 16.7. The van der Waals surface area contributed by atoms with Gasteiger partial charge in [-0.05, 0) is 81.5 Å². The third-order valence-electron chi connectivity index (χ3n) is 8.90. The van der Waals surface area contributed by atoms with Crippen LogP contribution in [0.25, 0.3) is 21.9 Å². The molecule has 0 spiro atoms. The molecule has 2 aromatic heterocycles. The number of hydrogen-bond acceptors (Lipinski definition) is 9. The van der Waals surface area contributed by atoms with Crippen molar-refractivity contribution in [3.63, 3.8) is 0 Å². The van der Waals surface area contributed by atoms with Crippen molar-refractivity contribution in [2.75, 3.05) is 32.3 Å². The molecule has 2 heterocycles. The molecule has 0 radical (unpaired) electrons. The van der Waals surface area contributed by atoms with Gasteiger partial charge in [0.2, 0.25) is 6.79 Å². The number of alkyl carbamates (subject to hydrolysis) is 1. The van der Waals surface area contributed by atoms with Gasteiger partial charge in [0.1, 0.15) is 16.9 Å². The summed E-state index contributed by atoms with van der Waals surface area (Å²) in [7, 11) is 3.91. The molecule has 278 valence electrons. The van der Waals surface area contributed by atoms with Crippen LogP contribution in [-0.2, 0) is 38.6 Å². The van der Waals surface area contributed by atoms with Gasteiger partial charge in [-0.3, -0.25) is 9.36 Å². The van der Waals surface area contributed by atoms with Crippen LogP contribution in [0.5, 0.6) is 0 Å². The third-order valence-corrected chi connectivity index (χ3v) is 8.90. The maximum absolute atomic E-state index is 14.5. The molecule has 0 aliphatic heterocycles. The third kappa shape index (κ3) is 8.62. The maximum Gasteiger partial charge on any atom is 0.421 e. The molecule has 2 amide bonds. The van der Waals surface area contributed by atoms with Gasteiger partial charge in [-0.25, -0.2) is 14.4 Å². The second-order valence-corrected chi connectivity index (χ2v) is 13.3. The lowest BCUT2D eigenvalue weighted by molar-refractivity contribution is -0.124. The number of nitrogens with one attached hydrogen (secondary N) is 1. The van der Waals surface area contributed by atoms with Crippen LogP contribution in [0.3, 0.4) is 0 Å². The molecule has 0 bridgehead atoms. The van der Waals surface area contributed by atoms with Gasteiger partial charge in [-0.1, -0.05) is 66.7 Å². The van der Waals surface area contributed by atoms with E-state index in [1.165, 1.54) is 4.57 Å². The zero-order valence-electron chi connectivity index (χ0n) is 30.6. The van der Waals surface area contributed by atoms with E-state index in [9.17, 15) is 19.2 Å². The average Bonchev–Trinajstić information content (AvgIpc) is 3.76. The van der Waals surface area contributed by atoms with Crippen LogP contribution in [0, 0.1) is 0 Å². The Hall–Kier alpha value is -6.40. The van der Waals surface area contributed by atoms with Gasteiger partial charge in [-0.2, -0.15) is 0 Å². The Labute approximate surface area is 312 Å². The molecule has 1 unspecified atom stereocenters. The summed E-state index contributed by atoms with van der Waals surface area (Å²) in [6.45, 7) is 3.75. The number of para-hydroxylation sites is 3. The van der Waals surface area contributed by atoms with Gasteiger partial charge in [0.15, 0.2) is 6.61 Å². The first-order valence-corrected chi connectivity index (χ1v) is 17.5. The number of benzene rings is 4. The highest BCUT2D eigenvalue weighted by molar-refractivity contribution is 6.02. The minimum Gasteiger partial charge on any atom is -0.457 e. The zero-order valence-corrected chi connectivity index (χ0v) is 30.6. The number of likely N-dealkylation sites (N-methyl/N-ethyl adjacent to an activating group) is 1. The first-order valence-electron chi connectivity index (χ1n) is 17.5. The van der Waals surface area contributed by atoms with Gasteiger partial charge in [0, 0.05) is 42.2 Å². The van der Waals surface area contributed by atoms with Crippen molar-refractivity contribution < 1.29 is 37.8 Å². The van der Waals surface area contributed by atoms with Gasteiger partial charge in [0.25, 0.3) is 5.91 Å². The van der Waals surface area contributed by atoms with Gasteiger partial charge in [0.05, 0.1) is 11.1 Å². The molecule has 0 saturated heterocycles. The zero-order chi connectivity index (χ0) is 38.2. The number of carbonyl (C=O) groups is 4. The molecule has 0 fully saturated rings. The molecule has 0 aliphatic carbocycles. The maximum atomic E-state index is 14.5. The topological polar surface area (TPSA) is 133 Å². The van der Waals surface area contributed by atoms with Crippen LogP contribution in [0.1, 0.15) is 41.1 Å². The molecule has 1 N–H and O–H groups in total. The molecule has 12 heteroatoms. The number of furan rings is 1. The second-order valence-electron chi connectivity index (χ2n) is 13.3. The average molecular weight is 731 g/mol. The van der Waals surface area contributed by atoms with E-state index < -0.39 is 36.4 Å². The minimum atomic E-state index is -1.55. The number of fused-ring (bicyclic) bond motifs is 2. The highest BCUT2D eigenvalue weighted by Crippen LogP contribution is 2.28. The Morgan fingerprint density at radius 2 is 1.54 bits per heavy atom. The standard InChI is InChI=1S/C42H42N4O8/c1-5-45(33-14-7-6-8-15-33)39(48)42(2,43-40(49)51-27-34-23-31-13-9-12-18-37(31)54-34)24-32-26-46(36-17-11-10-16-35(32)36)41(50)53-28-52-38(47)30-21-19-29(20-22-30)25-44(3)4/h6-23,26H,5,24-25,27-28H2,1-4H3,(H,43,49). The molecule has 54 heavy (non-hydrogen) atoms. The minimum absolute atomic E-state index is 0.0193. The normalized spacial score (nSPS) is 12.3. The first kappa shape index (κ1) is 37.4. The van der Waals surface area contributed by atoms with Crippen LogP contribution >= 0.6 is 0 Å². The number of amides is 2. The molecule has 1 atom stereocenters. The van der Waals surface area contributed by atoms with Crippen LogP contribution in [0.4, 0.5) is 15.3 Å². The monoisotopic (exact) mass is 730 g/mol. The number of hydrogen-bond donors (Lipinski definition) is 1. The fraction of sp³-hybridized carbons (Fsp3) is 0.238. The van der Waals surface area contributed by atoms with Crippen molar-refractivity contribution in [1.82, 2.24) is 14.8 Å². The molecular weight excluding hydrogens is 688 g/mol. The van der Waals surface area contributed by atoms with Crippen LogP contribution < -0.4 is 10.2 Å². The Balaban J connectivity index is 1.21. The second kappa shape index (κ2) is 16.5. The van der Waals surface area contributed by atoms with E-state index in [2.05, 4.69) is 5.32 Å². The summed E-state index contributed by atoms with van der Waals surface area (Å²) in [5, 5.41) is 4.36. The predicted octanol–water partition coefficient (Wildman–Crippen LogP) is 7.53. The Morgan fingerprint density at radius 1 is 0.833 bits per heavy atom. The van der Waals surface area contributed by atoms with Crippen molar-refractivity contribution in [1.29, 1.82) is 0 Å². The van der Waals surface area contributed by atoms with Gasteiger partial charge < -0.3 is 33.7 Å². The summed E-state index contributed by atoms with van der Waals surface area (Å²) in [4.78, 5) is 57.6. The van der Waals surface area contributed by atoms with E-state index in [-0.39, 0.29) is 13.0 Å². The fourth-order valence-corrected chi connectivity index (χ4v) is 6.35. The number of anilines is 1. The molecule has 0 saturated carbocycles. The summed E-state index contributed by atoms with van der Waals surface area (Å²) in [6.07, 6.45) is -0.0801. The lowest BCUT2D eigenvalue weighted by Crippen LogP contribution is -2.59. The molecule has 4 aromatic carbocycles. The molecule has 0 aliphatic rings. The van der Waals surface area contributed by atoms with Crippen LogP contribution in [-0.4, -0.2) is 66.5 Å². The van der Waals surface area contributed by atoms with Crippen LogP contribution in [0.15, 0.2) is 120 Å². The molecule has 6 aromatic rings. The summed E-state index contributed by atoms with van der Waals surface area (Å²) in [6, 6.07) is 32.5. The molecular formula is C42H42N4O8. The number of ether oxygens (including phenoxy) is 3. The van der Waals surface area contributed by atoms with E-state index in [0.29, 0.717) is 45.6 Å². The smallest absolute Gasteiger partial charge is 0.421 e. The van der Waals surface area contributed by atoms with Crippen molar-refractivity contribution >= 4 is 51.6 Å². The highest BCUT2D eigenvalue weighted by Gasteiger charge is 2.40. The largest absolute Gasteiger partial charge is 0.457 e. The number of rotatable bonds is 13. The quantitative estimate of drug-likeness (QED) is 0.0946. The summed E-state index contributed by atoms with van der Waals surface area (Å²) in [5.74, 6) is -0.578.